The highest BCUT2D eigenvalue weighted by molar-refractivity contribution is 5.94. The molecule has 4 rings (SSSR count). The van der Waals surface area contributed by atoms with Crippen LogP contribution in [0.2, 0.25) is 0 Å². The average Bonchev–Trinajstić information content (AvgIpc) is 3.29. The van der Waals surface area contributed by atoms with Gasteiger partial charge in [-0.15, -0.1) is 0 Å². The Morgan fingerprint density at radius 1 is 1.04 bits per heavy atom. The van der Waals surface area contributed by atoms with Crippen molar-refractivity contribution in [3.05, 3.63) is 34.5 Å². The summed E-state index contributed by atoms with van der Waals surface area (Å²) in [6.07, 6.45) is 2.24. The van der Waals surface area contributed by atoms with Crippen LogP contribution < -0.4 is 10.2 Å². The lowest BCUT2D eigenvalue weighted by Gasteiger charge is -2.09. The van der Waals surface area contributed by atoms with Gasteiger partial charge < -0.3 is 24.5 Å². The van der Waals surface area contributed by atoms with Gasteiger partial charge in [0.15, 0.2) is 11.5 Å². The molecule has 6 heteroatoms. The smallest absolute Gasteiger partial charge is 0.204 e. The molecule has 0 bridgehead atoms. The van der Waals surface area contributed by atoms with Crippen molar-refractivity contribution in [3.8, 4) is 23.0 Å². The topological polar surface area (TPSA) is 100 Å². The molecule has 1 heterocycles. The van der Waals surface area contributed by atoms with Gasteiger partial charge in [0.25, 0.3) is 0 Å². The minimum atomic E-state index is -0.484. The number of benzene rings is 2. The Morgan fingerprint density at radius 2 is 1.83 bits per heavy atom. The minimum Gasteiger partial charge on any atom is -0.508 e. The summed E-state index contributed by atoms with van der Waals surface area (Å²) in [5, 5.41) is 29.5. The summed E-state index contributed by atoms with van der Waals surface area (Å²) in [4.78, 5) is 12.5. The molecule has 6 nitrogen and oxygen atoms in total. The van der Waals surface area contributed by atoms with Crippen LogP contribution >= 0.6 is 0 Å². The van der Waals surface area contributed by atoms with E-state index >= 15 is 0 Å². The second-order valence-electron chi connectivity index (χ2n) is 5.84. The van der Waals surface area contributed by atoms with E-state index in [2.05, 4.69) is 0 Å². The Kier molecular flexibility index (Phi) is 2.87. The molecular weight excluding hydrogens is 300 g/mol. The molecule has 118 valence electrons. The third-order valence-electron chi connectivity index (χ3n) is 3.99. The van der Waals surface area contributed by atoms with Gasteiger partial charge in [-0.3, -0.25) is 4.79 Å². The Hall–Kier alpha value is -2.89. The van der Waals surface area contributed by atoms with Gasteiger partial charge in [0.05, 0.1) is 12.0 Å². The van der Waals surface area contributed by atoms with Gasteiger partial charge in [0, 0.05) is 18.2 Å². The van der Waals surface area contributed by atoms with E-state index in [0.717, 1.165) is 18.9 Å². The molecule has 0 atom stereocenters. The van der Waals surface area contributed by atoms with Gasteiger partial charge in [-0.2, -0.15) is 0 Å². The molecular formula is C17H14O6. The number of ether oxygens (including phenoxy) is 1. The first-order valence-electron chi connectivity index (χ1n) is 7.31. The Labute approximate surface area is 130 Å². The zero-order valence-electron chi connectivity index (χ0n) is 12.1. The molecule has 0 radical (unpaired) electrons. The summed E-state index contributed by atoms with van der Waals surface area (Å²) in [5.41, 5.74) is -0.197. The fourth-order valence-electron chi connectivity index (χ4n) is 2.57. The summed E-state index contributed by atoms with van der Waals surface area (Å²) in [5.74, 6) is 0.0348. The lowest BCUT2D eigenvalue weighted by molar-refractivity contribution is 0.284. The second-order valence-corrected chi connectivity index (χ2v) is 5.84. The molecule has 23 heavy (non-hydrogen) atoms. The first kappa shape index (κ1) is 13.8. The highest BCUT2D eigenvalue weighted by Gasteiger charge is 2.23. The van der Waals surface area contributed by atoms with Gasteiger partial charge in [-0.1, -0.05) is 0 Å². The molecule has 1 fully saturated rings. The summed E-state index contributed by atoms with van der Waals surface area (Å²) in [6, 6.07) is 5.05. The lowest BCUT2D eigenvalue weighted by Crippen LogP contribution is -2.04. The van der Waals surface area contributed by atoms with Crippen LogP contribution in [0.3, 0.4) is 0 Å². The molecule has 3 aromatic rings. The first-order chi connectivity index (χ1) is 11.0. The van der Waals surface area contributed by atoms with Crippen molar-refractivity contribution in [1.82, 2.24) is 0 Å². The average molecular weight is 314 g/mol. The number of phenolic OH excluding ortho intramolecular Hbond substituents is 3. The van der Waals surface area contributed by atoms with Crippen molar-refractivity contribution in [2.24, 2.45) is 5.92 Å². The number of aromatic hydroxyl groups is 3. The number of hydrogen-bond donors (Lipinski definition) is 3. The van der Waals surface area contributed by atoms with E-state index in [1.54, 1.807) is 0 Å². The maximum atomic E-state index is 12.5. The molecule has 0 aliphatic heterocycles. The molecule has 1 aliphatic rings. The molecule has 0 saturated heterocycles. The van der Waals surface area contributed by atoms with E-state index < -0.39 is 5.43 Å². The van der Waals surface area contributed by atoms with Gasteiger partial charge in [0.2, 0.25) is 5.43 Å². The zero-order valence-corrected chi connectivity index (χ0v) is 12.1. The maximum Gasteiger partial charge on any atom is 0.204 e. The van der Waals surface area contributed by atoms with Gasteiger partial charge in [-0.05, 0) is 24.8 Å². The van der Waals surface area contributed by atoms with Crippen LogP contribution in [0.1, 0.15) is 12.8 Å². The molecule has 0 unspecified atom stereocenters. The third-order valence-corrected chi connectivity index (χ3v) is 3.99. The number of hydrogen-bond acceptors (Lipinski definition) is 6. The predicted octanol–water partition coefficient (Wildman–Crippen LogP) is 2.85. The van der Waals surface area contributed by atoms with Crippen molar-refractivity contribution in [1.29, 1.82) is 0 Å². The van der Waals surface area contributed by atoms with E-state index in [1.165, 1.54) is 18.2 Å². The van der Waals surface area contributed by atoms with Crippen LogP contribution in [0.25, 0.3) is 21.9 Å². The van der Waals surface area contributed by atoms with E-state index in [-0.39, 0.29) is 44.9 Å². The normalized spacial score (nSPS) is 14.4. The van der Waals surface area contributed by atoms with Crippen LogP contribution in [0.15, 0.2) is 33.5 Å². The lowest BCUT2D eigenvalue weighted by atomic mass is 10.1. The summed E-state index contributed by atoms with van der Waals surface area (Å²) >= 11 is 0. The van der Waals surface area contributed by atoms with Crippen molar-refractivity contribution < 1.29 is 24.5 Å². The Balaban J connectivity index is 1.93. The highest BCUT2D eigenvalue weighted by atomic mass is 16.5. The zero-order chi connectivity index (χ0) is 16.1. The van der Waals surface area contributed by atoms with Crippen molar-refractivity contribution in [2.75, 3.05) is 6.61 Å². The van der Waals surface area contributed by atoms with Crippen LogP contribution in [0, 0.1) is 5.92 Å². The SMILES string of the molecule is O=c1c2cc(O)c(OCC3CC3)cc2oc2cc(O)cc(O)c12. The second kappa shape index (κ2) is 4.81. The van der Waals surface area contributed by atoms with Crippen LogP contribution in [0.4, 0.5) is 0 Å². The first-order valence-corrected chi connectivity index (χ1v) is 7.31. The molecule has 2 aromatic carbocycles. The molecule has 1 aromatic heterocycles. The Morgan fingerprint density at radius 3 is 2.57 bits per heavy atom. The summed E-state index contributed by atoms with van der Waals surface area (Å²) in [7, 11) is 0. The standard InChI is InChI=1S/C17H14O6/c18-9-3-12(20)16-15(4-9)23-13-6-14(22-7-8-1-2-8)11(19)5-10(13)17(16)21/h3-6,8,18-20H,1-2,7H2. The largest absolute Gasteiger partial charge is 0.508 e. The third kappa shape index (κ3) is 2.32. The van der Waals surface area contributed by atoms with E-state index in [0.29, 0.717) is 12.5 Å². The van der Waals surface area contributed by atoms with Crippen molar-refractivity contribution >= 4 is 21.9 Å². The van der Waals surface area contributed by atoms with Crippen molar-refractivity contribution in [2.45, 2.75) is 12.8 Å². The number of fused-ring (bicyclic) bond motifs is 2. The number of phenols is 3. The monoisotopic (exact) mass is 314 g/mol. The molecule has 0 spiro atoms. The van der Waals surface area contributed by atoms with Gasteiger partial charge >= 0.3 is 0 Å². The van der Waals surface area contributed by atoms with E-state index in [4.69, 9.17) is 9.15 Å². The van der Waals surface area contributed by atoms with E-state index in [1.807, 2.05) is 0 Å². The van der Waals surface area contributed by atoms with Crippen LogP contribution in [-0.2, 0) is 0 Å². The Bertz CT molecular complexity index is 984. The molecule has 0 amide bonds. The van der Waals surface area contributed by atoms with Gasteiger partial charge in [0.1, 0.15) is 28.1 Å². The fourth-order valence-corrected chi connectivity index (χ4v) is 2.57. The van der Waals surface area contributed by atoms with Gasteiger partial charge in [-0.25, -0.2) is 0 Å². The predicted molar refractivity (Wildman–Crippen MR) is 83.2 cm³/mol. The van der Waals surface area contributed by atoms with Crippen LogP contribution in [-0.4, -0.2) is 21.9 Å². The minimum absolute atomic E-state index is 0.0404. The molecule has 1 aliphatic carbocycles. The summed E-state index contributed by atoms with van der Waals surface area (Å²) < 4.78 is 11.2. The van der Waals surface area contributed by atoms with E-state index in [9.17, 15) is 20.1 Å². The fraction of sp³-hybridized carbons (Fsp3) is 0.235. The van der Waals surface area contributed by atoms with Crippen molar-refractivity contribution in [3.63, 3.8) is 0 Å². The molecule has 1 saturated carbocycles. The number of rotatable bonds is 3. The molecule has 3 N–H and O–H groups in total. The quantitative estimate of drug-likeness (QED) is 0.643. The van der Waals surface area contributed by atoms with Crippen LogP contribution in [0.5, 0.6) is 23.0 Å². The summed E-state index contributed by atoms with van der Waals surface area (Å²) in [6.45, 7) is 0.512. The highest BCUT2D eigenvalue weighted by Crippen LogP contribution is 2.36. The maximum absolute atomic E-state index is 12.5.